The normalized spacial score (nSPS) is 16.8. The molecule has 0 unspecified atom stereocenters. The van der Waals surface area contributed by atoms with Crippen molar-refractivity contribution in [3.8, 4) is 0 Å². The molecule has 0 atom stereocenters. The number of aliphatic carboxylic acids is 1. The number of fused-ring (bicyclic) bond motifs is 1. The molecular weight excluding hydrogens is 306 g/mol. The molecule has 22 heavy (non-hydrogen) atoms. The minimum absolute atomic E-state index is 0.143. The molecule has 1 fully saturated rings. The molecule has 0 aliphatic heterocycles. The molecule has 0 radical (unpaired) electrons. The quantitative estimate of drug-likeness (QED) is 0.906. The Labute approximate surface area is 132 Å². The fourth-order valence-corrected chi connectivity index (χ4v) is 3.23. The molecule has 1 aliphatic rings. The maximum Gasteiger partial charge on any atom is 0.329 e. The van der Waals surface area contributed by atoms with Crippen molar-refractivity contribution < 1.29 is 19.1 Å². The summed E-state index contributed by atoms with van der Waals surface area (Å²) in [5, 5.41) is 13.4. The fourth-order valence-electron chi connectivity index (χ4n) is 3.05. The maximum atomic E-state index is 12.5. The molecule has 6 heteroatoms. The summed E-state index contributed by atoms with van der Waals surface area (Å²) in [6.45, 7) is 1.76. The van der Waals surface area contributed by atoms with E-state index in [-0.39, 0.29) is 5.76 Å². The summed E-state index contributed by atoms with van der Waals surface area (Å²) >= 11 is 5.96. The molecule has 1 aliphatic carbocycles. The van der Waals surface area contributed by atoms with Crippen LogP contribution >= 0.6 is 11.6 Å². The van der Waals surface area contributed by atoms with E-state index in [2.05, 4.69) is 5.32 Å². The fraction of sp³-hybridized carbons (Fsp3) is 0.375. The van der Waals surface area contributed by atoms with Gasteiger partial charge in [0.25, 0.3) is 5.91 Å². The molecule has 116 valence electrons. The van der Waals surface area contributed by atoms with Crippen molar-refractivity contribution in [3.63, 3.8) is 0 Å². The van der Waals surface area contributed by atoms with Crippen LogP contribution in [-0.2, 0) is 4.79 Å². The minimum Gasteiger partial charge on any atom is -0.480 e. The number of carbonyl (C=O) groups excluding carboxylic acids is 1. The largest absolute Gasteiger partial charge is 0.480 e. The lowest BCUT2D eigenvalue weighted by Crippen LogP contribution is -2.52. The highest BCUT2D eigenvalue weighted by atomic mass is 35.5. The highest BCUT2D eigenvalue weighted by Crippen LogP contribution is 2.32. The van der Waals surface area contributed by atoms with Gasteiger partial charge < -0.3 is 14.8 Å². The Morgan fingerprint density at radius 3 is 2.64 bits per heavy atom. The van der Waals surface area contributed by atoms with Crippen LogP contribution < -0.4 is 5.32 Å². The molecule has 1 amide bonds. The van der Waals surface area contributed by atoms with Crippen molar-refractivity contribution in [2.75, 3.05) is 0 Å². The van der Waals surface area contributed by atoms with Gasteiger partial charge in [-0.1, -0.05) is 24.4 Å². The van der Waals surface area contributed by atoms with E-state index in [1.165, 1.54) is 0 Å². The highest BCUT2D eigenvalue weighted by Gasteiger charge is 2.43. The number of hydrogen-bond donors (Lipinski definition) is 2. The van der Waals surface area contributed by atoms with Crippen molar-refractivity contribution in [3.05, 3.63) is 34.5 Å². The number of nitrogens with one attached hydrogen (secondary N) is 1. The SMILES string of the molecule is Cc1c(C(=O)NC2(C(=O)O)CCCC2)oc2ccc(Cl)cc12. The number of carbonyl (C=O) groups is 2. The third-order valence-corrected chi connectivity index (χ3v) is 4.56. The zero-order valence-corrected chi connectivity index (χ0v) is 12.9. The Kier molecular flexibility index (Phi) is 3.60. The molecule has 1 aromatic heterocycles. The van der Waals surface area contributed by atoms with E-state index in [1.54, 1.807) is 25.1 Å². The first kappa shape index (κ1) is 14.9. The Morgan fingerprint density at radius 1 is 1.32 bits per heavy atom. The lowest BCUT2D eigenvalue weighted by atomic mass is 9.97. The summed E-state index contributed by atoms with van der Waals surface area (Å²) < 4.78 is 5.59. The molecule has 1 aromatic carbocycles. The van der Waals surface area contributed by atoms with Crippen LogP contribution in [0.2, 0.25) is 5.02 Å². The van der Waals surface area contributed by atoms with Gasteiger partial charge in [-0.15, -0.1) is 0 Å². The second-order valence-electron chi connectivity index (χ2n) is 5.75. The Hall–Kier alpha value is -2.01. The Balaban J connectivity index is 1.95. The monoisotopic (exact) mass is 321 g/mol. The van der Waals surface area contributed by atoms with Crippen molar-refractivity contribution in [1.29, 1.82) is 0 Å². The topological polar surface area (TPSA) is 79.5 Å². The molecule has 1 heterocycles. The molecule has 2 aromatic rings. The third-order valence-electron chi connectivity index (χ3n) is 4.32. The number of benzene rings is 1. The number of carboxylic acids is 1. The molecule has 0 saturated heterocycles. The standard InChI is InChI=1S/C16H16ClNO4/c1-9-11-8-10(17)4-5-12(11)22-13(9)14(19)18-16(15(20)21)6-2-3-7-16/h4-5,8H,2-3,6-7H2,1H3,(H,18,19)(H,20,21). The summed E-state index contributed by atoms with van der Waals surface area (Å²) in [6.07, 6.45) is 2.47. The zero-order chi connectivity index (χ0) is 15.9. The van der Waals surface area contributed by atoms with Crippen LogP contribution in [-0.4, -0.2) is 22.5 Å². The molecule has 0 spiro atoms. The van der Waals surface area contributed by atoms with E-state index in [0.717, 1.165) is 18.2 Å². The van der Waals surface area contributed by atoms with Gasteiger partial charge in [0, 0.05) is 16.0 Å². The van der Waals surface area contributed by atoms with E-state index in [9.17, 15) is 14.7 Å². The second kappa shape index (κ2) is 5.32. The number of halogens is 1. The third kappa shape index (κ3) is 2.35. The summed E-state index contributed by atoms with van der Waals surface area (Å²) in [7, 11) is 0. The van der Waals surface area contributed by atoms with E-state index in [0.29, 0.717) is 29.0 Å². The van der Waals surface area contributed by atoms with E-state index in [4.69, 9.17) is 16.0 Å². The summed E-state index contributed by atoms with van der Waals surface area (Å²) in [5.41, 5.74) is 0.0385. The number of rotatable bonds is 3. The van der Waals surface area contributed by atoms with Gasteiger partial charge >= 0.3 is 5.97 Å². The number of aryl methyl sites for hydroxylation is 1. The van der Waals surface area contributed by atoms with Crippen molar-refractivity contribution in [1.82, 2.24) is 5.32 Å². The van der Waals surface area contributed by atoms with Crippen molar-refractivity contribution in [2.45, 2.75) is 38.1 Å². The van der Waals surface area contributed by atoms with E-state index in [1.807, 2.05) is 0 Å². The number of hydrogen-bond acceptors (Lipinski definition) is 3. The molecule has 5 nitrogen and oxygen atoms in total. The summed E-state index contributed by atoms with van der Waals surface area (Å²) in [5.74, 6) is -1.34. The van der Waals surface area contributed by atoms with Gasteiger partial charge in [0.05, 0.1) is 0 Å². The predicted octanol–water partition coefficient (Wildman–Crippen LogP) is 3.52. The van der Waals surface area contributed by atoms with Crippen molar-refractivity contribution >= 4 is 34.4 Å². The average Bonchev–Trinajstić information content (AvgIpc) is 3.06. The molecular formula is C16H16ClNO4. The Bertz CT molecular complexity index is 759. The second-order valence-corrected chi connectivity index (χ2v) is 6.18. The maximum absolute atomic E-state index is 12.5. The zero-order valence-electron chi connectivity index (χ0n) is 12.1. The molecule has 2 N–H and O–H groups in total. The van der Waals surface area contributed by atoms with Crippen LogP contribution in [0.1, 0.15) is 41.8 Å². The lowest BCUT2D eigenvalue weighted by Gasteiger charge is -2.24. The number of amides is 1. The van der Waals surface area contributed by atoms with Gasteiger partial charge in [0.15, 0.2) is 5.76 Å². The summed E-state index contributed by atoms with van der Waals surface area (Å²) in [4.78, 5) is 24.0. The Morgan fingerprint density at radius 2 is 2.00 bits per heavy atom. The predicted molar refractivity (Wildman–Crippen MR) is 82.3 cm³/mol. The van der Waals surface area contributed by atoms with Crippen LogP contribution in [0.5, 0.6) is 0 Å². The smallest absolute Gasteiger partial charge is 0.329 e. The molecule has 0 bridgehead atoms. The first-order chi connectivity index (χ1) is 10.4. The van der Waals surface area contributed by atoms with E-state index >= 15 is 0 Å². The van der Waals surface area contributed by atoms with Gasteiger partial charge in [0.1, 0.15) is 11.1 Å². The first-order valence-electron chi connectivity index (χ1n) is 7.17. The van der Waals surface area contributed by atoms with Gasteiger partial charge in [-0.25, -0.2) is 4.79 Å². The van der Waals surface area contributed by atoms with Crippen LogP contribution in [0, 0.1) is 6.92 Å². The van der Waals surface area contributed by atoms with Gasteiger partial charge in [-0.05, 0) is 38.0 Å². The van der Waals surface area contributed by atoms with Crippen molar-refractivity contribution in [2.24, 2.45) is 0 Å². The summed E-state index contributed by atoms with van der Waals surface area (Å²) in [6, 6.07) is 5.11. The lowest BCUT2D eigenvalue weighted by molar-refractivity contribution is -0.144. The van der Waals surface area contributed by atoms with Crippen LogP contribution in [0.25, 0.3) is 11.0 Å². The average molecular weight is 322 g/mol. The van der Waals surface area contributed by atoms with Crippen LogP contribution in [0.4, 0.5) is 0 Å². The van der Waals surface area contributed by atoms with Crippen LogP contribution in [0.3, 0.4) is 0 Å². The molecule has 1 saturated carbocycles. The van der Waals surface area contributed by atoms with E-state index < -0.39 is 17.4 Å². The van der Waals surface area contributed by atoms with Gasteiger partial charge in [-0.3, -0.25) is 4.79 Å². The first-order valence-corrected chi connectivity index (χ1v) is 7.55. The van der Waals surface area contributed by atoms with Gasteiger partial charge in [-0.2, -0.15) is 0 Å². The number of carboxylic acid groups (broad SMARTS) is 1. The molecule has 3 rings (SSSR count). The van der Waals surface area contributed by atoms with Gasteiger partial charge in [0.2, 0.25) is 0 Å². The van der Waals surface area contributed by atoms with Crippen LogP contribution in [0.15, 0.2) is 22.6 Å². The number of furan rings is 1. The highest BCUT2D eigenvalue weighted by molar-refractivity contribution is 6.31. The minimum atomic E-state index is -1.18.